The van der Waals surface area contributed by atoms with Crippen LogP contribution in [0, 0.1) is 0 Å². The third kappa shape index (κ3) is 2.21. The van der Waals surface area contributed by atoms with Crippen molar-refractivity contribution in [3.8, 4) is 0 Å². The Labute approximate surface area is 61.9 Å². The van der Waals surface area contributed by atoms with Crippen LogP contribution in [0.5, 0.6) is 0 Å². The van der Waals surface area contributed by atoms with Gasteiger partial charge in [-0.1, -0.05) is 12.5 Å². The summed E-state index contributed by atoms with van der Waals surface area (Å²) in [6.07, 6.45) is 0.745. The van der Waals surface area contributed by atoms with Gasteiger partial charge in [0.1, 0.15) is 0 Å². The lowest BCUT2D eigenvalue weighted by Crippen LogP contribution is -2.05. The number of hydrogen-bond acceptors (Lipinski definition) is 2. The molecule has 0 rings (SSSR count). The molecule has 0 saturated carbocycles. The number of allylic oxidation sites excluding steroid dienone is 1. The van der Waals surface area contributed by atoms with Gasteiger partial charge in [-0.15, -0.1) is 0 Å². The summed E-state index contributed by atoms with van der Waals surface area (Å²) >= 11 is 0. The van der Waals surface area contributed by atoms with Crippen molar-refractivity contribution >= 4 is 5.97 Å². The van der Waals surface area contributed by atoms with Crippen LogP contribution in [0.3, 0.4) is 0 Å². The predicted octanol–water partition coefficient (Wildman–Crippen LogP) is 1.91. The van der Waals surface area contributed by atoms with E-state index in [4.69, 9.17) is 0 Å². The minimum atomic E-state index is -0.206. The standard InChI is InChI=1S/C8H14O2/c1-5-7(6(2)3)8(9)10-4/h5H2,1-4H3. The van der Waals surface area contributed by atoms with Gasteiger partial charge in [-0.3, -0.25) is 0 Å². The number of hydrogen-bond donors (Lipinski definition) is 0. The molecule has 0 aliphatic carbocycles. The van der Waals surface area contributed by atoms with Gasteiger partial charge in [0, 0.05) is 5.57 Å². The molecule has 0 heterocycles. The molecule has 0 spiro atoms. The number of carbonyl (C=O) groups excluding carboxylic acids is 1. The second-order valence-electron chi connectivity index (χ2n) is 2.32. The highest BCUT2D eigenvalue weighted by atomic mass is 16.5. The smallest absolute Gasteiger partial charge is 0.333 e. The quantitative estimate of drug-likeness (QED) is 0.435. The summed E-state index contributed by atoms with van der Waals surface area (Å²) in [6.45, 7) is 5.77. The maximum Gasteiger partial charge on any atom is 0.333 e. The zero-order valence-corrected chi connectivity index (χ0v) is 7.02. The molecular weight excluding hydrogens is 128 g/mol. The fourth-order valence-electron chi connectivity index (χ4n) is 0.825. The predicted molar refractivity (Wildman–Crippen MR) is 40.7 cm³/mol. The van der Waals surface area contributed by atoms with Crippen molar-refractivity contribution in [2.24, 2.45) is 0 Å². The van der Waals surface area contributed by atoms with Crippen LogP contribution in [-0.2, 0) is 9.53 Å². The molecule has 0 saturated heterocycles. The zero-order chi connectivity index (χ0) is 8.15. The van der Waals surface area contributed by atoms with Crippen LogP contribution in [0.25, 0.3) is 0 Å². The lowest BCUT2D eigenvalue weighted by molar-refractivity contribution is -0.136. The number of esters is 1. The van der Waals surface area contributed by atoms with Crippen molar-refractivity contribution < 1.29 is 9.53 Å². The molecule has 0 atom stereocenters. The molecule has 58 valence electrons. The Morgan fingerprint density at radius 1 is 1.40 bits per heavy atom. The molecule has 2 nitrogen and oxygen atoms in total. The van der Waals surface area contributed by atoms with E-state index in [0.717, 1.165) is 17.6 Å². The minimum absolute atomic E-state index is 0.206. The first-order chi connectivity index (χ1) is 4.63. The highest BCUT2D eigenvalue weighted by Gasteiger charge is 2.07. The maximum atomic E-state index is 10.9. The first kappa shape index (κ1) is 9.21. The van der Waals surface area contributed by atoms with E-state index < -0.39 is 0 Å². The second-order valence-corrected chi connectivity index (χ2v) is 2.32. The Morgan fingerprint density at radius 2 is 1.90 bits per heavy atom. The monoisotopic (exact) mass is 142 g/mol. The number of rotatable bonds is 2. The van der Waals surface area contributed by atoms with Gasteiger partial charge in [-0.05, 0) is 20.3 Å². The minimum Gasteiger partial charge on any atom is -0.466 e. The second kappa shape index (κ2) is 4.09. The molecule has 0 fully saturated rings. The molecule has 0 radical (unpaired) electrons. The van der Waals surface area contributed by atoms with Crippen LogP contribution in [0.15, 0.2) is 11.1 Å². The average Bonchev–Trinajstić information content (AvgIpc) is 1.88. The summed E-state index contributed by atoms with van der Waals surface area (Å²) in [5.41, 5.74) is 1.82. The Kier molecular flexibility index (Phi) is 3.77. The van der Waals surface area contributed by atoms with Crippen molar-refractivity contribution in [2.45, 2.75) is 27.2 Å². The Morgan fingerprint density at radius 3 is 2.00 bits per heavy atom. The molecule has 0 amide bonds. The Bertz CT molecular complexity index is 153. The number of carbonyl (C=O) groups is 1. The molecule has 0 unspecified atom stereocenters. The van der Waals surface area contributed by atoms with Gasteiger partial charge in [0.25, 0.3) is 0 Å². The van der Waals surface area contributed by atoms with E-state index >= 15 is 0 Å². The average molecular weight is 142 g/mol. The first-order valence-electron chi connectivity index (χ1n) is 3.38. The van der Waals surface area contributed by atoms with Crippen LogP contribution in [0.4, 0.5) is 0 Å². The van der Waals surface area contributed by atoms with Crippen molar-refractivity contribution in [1.29, 1.82) is 0 Å². The van der Waals surface area contributed by atoms with E-state index in [1.54, 1.807) is 0 Å². The van der Waals surface area contributed by atoms with Gasteiger partial charge in [0.2, 0.25) is 0 Å². The molecule has 0 N–H and O–H groups in total. The molecule has 10 heavy (non-hydrogen) atoms. The summed E-state index contributed by atoms with van der Waals surface area (Å²) in [6, 6.07) is 0. The zero-order valence-electron chi connectivity index (χ0n) is 7.02. The Balaban J connectivity index is 4.37. The van der Waals surface area contributed by atoms with Crippen LogP contribution in [0.2, 0.25) is 0 Å². The van der Waals surface area contributed by atoms with E-state index in [1.807, 2.05) is 20.8 Å². The molecule has 0 bridgehead atoms. The summed E-state index contributed by atoms with van der Waals surface area (Å²) in [5, 5.41) is 0. The highest BCUT2D eigenvalue weighted by Crippen LogP contribution is 2.08. The van der Waals surface area contributed by atoms with Crippen molar-refractivity contribution in [1.82, 2.24) is 0 Å². The summed E-state index contributed by atoms with van der Waals surface area (Å²) in [4.78, 5) is 10.9. The number of ether oxygens (including phenoxy) is 1. The topological polar surface area (TPSA) is 26.3 Å². The summed E-state index contributed by atoms with van der Waals surface area (Å²) in [5.74, 6) is -0.206. The Hall–Kier alpha value is -0.790. The van der Waals surface area contributed by atoms with Gasteiger partial charge >= 0.3 is 5.97 Å². The molecular formula is C8H14O2. The molecule has 2 heteroatoms. The van der Waals surface area contributed by atoms with Gasteiger partial charge in [-0.2, -0.15) is 0 Å². The number of methoxy groups -OCH3 is 1. The third-order valence-electron chi connectivity index (χ3n) is 1.39. The maximum absolute atomic E-state index is 10.9. The van der Waals surface area contributed by atoms with Crippen molar-refractivity contribution in [2.75, 3.05) is 7.11 Å². The van der Waals surface area contributed by atoms with Gasteiger partial charge in [-0.25, -0.2) is 4.79 Å². The van der Waals surface area contributed by atoms with Crippen LogP contribution in [-0.4, -0.2) is 13.1 Å². The third-order valence-corrected chi connectivity index (χ3v) is 1.39. The van der Waals surface area contributed by atoms with Crippen molar-refractivity contribution in [3.63, 3.8) is 0 Å². The molecule has 0 aromatic rings. The molecule has 0 aromatic heterocycles. The summed E-state index contributed by atoms with van der Waals surface area (Å²) in [7, 11) is 1.40. The van der Waals surface area contributed by atoms with E-state index in [1.165, 1.54) is 7.11 Å². The normalized spacial score (nSPS) is 8.80. The van der Waals surface area contributed by atoms with E-state index in [2.05, 4.69) is 4.74 Å². The van der Waals surface area contributed by atoms with Crippen molar-refractivity contribution in [3.05, 3.63) is 11.1 Å². The molecule has 0 aromatic carbocycles. The SMILES string of the molecule is CCC(C(=O)OC)=C(C)C. The van der Waals surface area contributed by atoms with Crippen LogP contribution >= 0.6 is 0 Å². The largest absolute Gasteiger partial charge is 0.466 e. The lowest BCUT2D eigenvalue weighted by Gasteiger charge is -2.02. The fraction of sp³-hybridized carbons (Fsp3) is 0.625. The van der Waals surface area contributed by atoms with Gasteiger partial charge in [0.05, 0.1) is 7.11 Å². The molecule has 0 aliphatic rings. The fourth-order valence-corrected chi connectivity index (χ4v) is 0.825. The highest BCUT2D eigenvalue weighted by molar-refractivity contribution is 5.88. The first-order valence-corrected chi connectivity index (χ1v) is 3.38. The van der Waals surface area contributed by atoms with E-state index in [9.17, 15) is 4.79 Å². The lowest BCUT2D eigenvalue weighted by atomic mass is 10.1. The van der Waals surface area contributed by atoms with E-state index in [-0.39, 0.29) is 5.97 Å². The van der Waals surface area contributed by atoms with Crippen LogP contribution < -0.4 is 0 Å². The molecule has 0 aliphatic heterocycles. The van der Waals surface area contributed by atoms with Gasteiger partial charge < -0.3 is 4.74 Å². The van der Waals surface area contributed by atoms with Crippen LogP contribution in [0.1, 0.15) is 27.2 Å². The summed E-state index contributed by atoms with van der Waals surface area (Å²) < 4.78 is 4.57. The van der Waals surface area contributed by atoms with E-state index in [0.29, 0.717) is 0 Å². The van der Waals surface area contributed by atoms with Gasteiger partial charge in [0.15, 0.2) is 0 Å².